The fourth-order valence-electron chi connectivity index (χ4n) is 1.87. The van der Waals surface area contributed by atoms with E-state index in [1.807, 2.05) is 55.5 Å². The van der Waals surface area contributed by atoms with Crippen LogP contribution in [0.4, 0.5) is 4.79 Å². The molecule has 2 aromatic rings. The fourth-order valence-corrected chi connectivity index (χ4v) is 2.97. The Balaban J connectivity index is 1.91. The van der Waals surface area contributed by atoms with Crippen molar-refractivity contribution in [1.82, 2.24) is 5.32 Å². The second-order valence-corrected chi connectivity index (χ2v) is 6.69. The number of halogens is 2. The molecule has 0 aliphatic heterocycles. The van der Waals surface area contributed by atoms with Gasteiger partial charge in [0.05, 0.1) is 6.04 Å². The van der Waals surface area contributed by atoms with Crippen molar-refractivity contribution in [1.29, 1.82) is 0 Å². The number of amides is 1. The first-order valence-corrected chi connectivity index (χ1v) is 8.35. The van der Waals surface area contributed by atoms with Gasteiger partial charge in [-0.15, -0.1) is 0 Å². The topological polar surface area (TPSA) is 38.3 Å². The molecule has 2 rings (SSSR count). The van der Waals surface area contributed by atoms with Crippen LogP contribution < -0.4 is 5.32 Å². The summed E-state index contributed by atoms with van der Waals surface area (Å²) in [4.78, 5) is 11.8. The lowest BCUT2D eigenvalue weighted by Gasteiger charge is -2.16. The number of benzene rings is 2. The first kappa shape index (κ1) is 16.3. The van der Waals surface area contributed by atoms with Crippen LogP contribution in [0.2, 0.25) is 0 Å². The van der Waals surface area contributed by atoms with Crippen LogP contribution in [0.1, 0.15) is 24.1 Å². The van der Waals surface area contributed by atoms with Gasteiger partial charge in [0.25, 0.3) is 0 Å². The van der Waals surface area contributed by atoms with Crippen LogP contribution in [-0.4, -0.2) is 6.09 Å². The number of carbonyl (C=O) groups excluding carboxylic acids is 1. The Kier molecular flexibility index (Phi) is 6.05. The summed E-state index contributed by atoms with van der Waals surface area (Å²) in [6.45, 7) is 2.20. The average molecular weight is 460 g/mol. The van der Waals surface area contributed by atoms with E-state index in [0.29, 0.717) is 0 Å². The Hall–Kier alpha value is -1.08. The molecule has 0 aliphatic carbocycles. The van der Waals surface area contributed by atoms with E-state index in [9.17, 15) is 4.79 Å². The van der Waals surface area contributed by atoms with Crippen LogP contribution >= 0.6 is 38.5 Å². The molecule has 1 unspecified atom stereocenters. The zero-order chi connectivity index (χ0) is 15.2. The van der Waals surface area contributed by atoms with Crippen molar-refractivity contribution < 1.29 is 9.53 Å². The smallest absolute Gasteiger partial charge is 0.407 e. The molecule has 5 heteroatoms. The van der Waals surface area contributed by atoms with Gasteiger partial charge in [-0.25, -0.2) is 4.79 Å². The number of carbonyl (C=O) groups is 1. The zero-order valence-electron chi connectivity index (χ0n) is 11.5. The third-order valence-electron chi connectivity index (χ3n) is 2.97. The van der Waals surface area contributed by atoms with Gasteiger partial charge in [0.1, 0.15) is 6.61 Å². The van der Waals surface area contributed by atoms with Crippen molar-refractivity contribution in [2.45, 2.75) is 19.6 Å². The number of alkyl carbamates (subject to hydrolysis) is 1. The van der Waals surface area contributed by atoms with Gasteiger partial charge in [0.2, 0.25) is 0 Å². The number of ether oxygens (including phenoxy) is 1. The second-order valence-electron chi connectivity index (χ2n) is 4.59. The molecule has 0 radical (unpaired) electrons. The molecule has 3 nitrogen and oxygen atoms in total. The maximum absolute atomic E-state index is 11.8. The summed E-state index contributed by atoms with van der Waals surface area (Å²) < 4.78 is 7.32. The lowest BCUT2D eigenvalue weighted by molar-refractivity contribution is 0.136. The summed E-state index contributed by atoms with van der Waals surface area (Å²) in [7, 11) is 0. The van der Waals surface area contributed by atoms with Crippen molar-refractivity contribution in [2.24, 2.45) is 0 Å². The molecule has 0 heterocycles. The molecular weight excluding hydrogens is 445 g/mol. The number of hydrogen-bond donors (Lipinski definition) is 1. The molecule has 110 valence electrons. The summed E-state index contributed by atoms with van der Waals surface area (Å²) >= 11 is 5.75. The van der Waals surface area contributed by atoms with Crippen LogP contribution in [0.5, 0.6) is 0 Å². The van der Waals surface area contributed by atoms with E-state index in [0.717, 1.165) is 19.2 Å². The summed E-state index contributed by atoms with van der Waals surface area (Å²) in [5, 5.41) is 2.84. The van der Waals surface area contributed by atoms with Gasteiger partial charge in [0, 0.05) is 8.04 Å². The molecule has 0 bridgehead atoms. The minimum Gasteiger partial charge on any atom is -0.445 e. The average Bonchev–Trinajstić information content (AvgIpc) is 2.48. The maximum atomic E-state index is 11.8. The van der Waals surface area contributed by atoms with Crippen molar-refractivity contribution in [2.75, 3.05) is 0 Å². The Morgan fingerprint density at radius 3 is 2.71 bits per heavy atom. The molecule has 1 N–H and O–H groups in total. The van der Waals surface area contributed by atoms with Crippen molar-refractivity contribution >= 4 is 44.6 Å². The standard InChI is InChI=1S/C16H15BrINO2/c1-11(14-9-13(18)7-8-15(14)17)19-16(20)21-10-12-5-3-2-4-6-12/h2-9,11H,10H2,1H3,(H,19,20). The summed E-state index contributed by atoms with van der Waals surface area (Å²) in [5.74, 6) is 0. The van der Waals surface area contributed by atoms with E-state index in [1.54, 1.807) is 0 Å². The summed E-state index contributed by atoms with van der Waals surface area (Å²) in [6, 6.07) is 15.5. The minimum atomic E-state index is -0.419. The van der Waals surface area contributed by atoms with Crippen molar-refractivity contribution in [3.05, 3.63) is 67.7 Å². The van der Waals surface area contributed by atoms with Crippen molar-refractivity contribution in [3.63, 3.8) is 0 Å². The van der Waals surface area contributed by atoms with Gasteiger partial charge < -0.3 is 10.1 Å². The number of rotatable bonds is 4. The molecule has 0 saturated carbocycles. The number of nitrogens with one attached hydrogen (secondary N) is 1. The third kappa shape index (κ3) is 5.00. The normalized spacial score (nSPS) is 11.8. The molecule has 0 spiro atoms. The van der Waals surface area contributed by atoms with Crippen molar-refractivity contribution in [3.8, 4) is 0 Å². The van der Waals surface area contributed by atoms with Gasteiger partial charge in [0.15, 0.2) is 0 Å². The molecule has 0 aromatic heterocycles. The molecule has 0 fully saturated rings. The minimum absolute atomic E-state index is 0.127. The van der Waals surface area contributed by atoms with Crippen LogP contribution in [0.3, 0.4) is 0 Å². The highest BCUT2D eigenvalue weighted by molar-refractivity contribution is 14.1. The Bertz CT molecular complexity index is 619. The molecular formula is C16H15BrINO2. The summed E-state index contributed by atoms with van der Waals surface area (Å²) in [6.07, 6.45) is -0.419. The molecule has 2 aromatic carbocycles. The predicted octanol–water partition coefficient (Wildman–Crippen LogP) is 5.04. The lowest BCUT2D eigenvalue weighted by Crippen LogP contribution is -2.27. The molecule has 1 amide bonds. The fraction of sp³-hybridized carbons (Fsp3) is 0.188. The van der Waals surface area contributed by atoms with E-state index >= 15 is 0 Å². The van der Waals surface area contributed by atoms with E-state index in [-0.39, 0.29) is 12.6 Å². The Morgan fingerprint density at radius 2 is 2.00 bits per heavy atom. The third-order valence-corrected chi connectivity index (χ3v) is 4.36. The SMILES string of the molecule is CC(NC(=O)OCc1ccccc1)c1cc(I)ccc1Br. The van der Waals surface area contributed by atoms with Crippen LogP contribution in [-0.2, 0) is 11.3 Å². The largest absolute Gasteiger partial charge is 0.445 e. The van der Waals surface area contributed by atoms with Crippen LogP contribution in [0.15, 0.2) is 53.0 Å². The van der Waals surface area contributed by atoms with E-state index in [4.69, 9.17) is 4.74 Å². The highest BCUT2D eigenvalue weighted by Crippen LogP contribution is 2.25. The van der Waals surface area contributed by atoms with Gasteiger partial charge in [-0.3, -0.25) is 0 Å². The maximum Gasteiger partial charge on any atom is 0.407 e. The van der Waals surface area contributed by atoms with Gasteiger partial charge in [-0.1, -0.05) is 46.3 Å². The number of hydrogen-bond acceptors (Lipinski definition) is 2. The zero-order valence-corrected chi connectivity index (χ0v) is 15.2. The monoisotopic (exact) mass is 459 g/mol. The van der Waals surface area contributed by atoms with E-state index in [1.165, 1.54) is 0 Å². The van der Waals surface area contributed by atoms with Crippen LogP contribution in [0.25, 0.3) is 0 Å². The van der Waals surface area contributed by atoms with E-state index < -0.39 is 6.09 Å². The highest BCUT2D eigenvalue weighted by atomic mass is 127. The highest BCUT2D eigenvalue weighted by Gasteiger charge is 2.13. The predicted molar refractivity (Wildman–Crippen MR) is 95.0 cm³/mol. The lowest BCUT2D eigenvalue weighted by atomic mass is 10.1. The summed E-state index contributed by atoms with van der Waals surface area (Å²) in [5.41, 5.74) is 1.99. The van der Waals surface area contributed by atoms with Gasteiger partial charge >= 0.3 is 6.09 Å². The quantitative estimate of drug-likeness (QED) is 0.650. The Labute approximate surface area is 146 Å². The molecule has 21 heavy (non-hydrogen) atoms. The molecule has 0 saturated heterocycles. The Morgan fingerprint density at radius 1 is 1.29 bits per heavy atom. The van der Waals surface area contributed by atoms with Gasteiger partial charge in [-0.2, -0.15) is 0 Å². The van der Waals surface area contributed by atoms with E-state index in [2.05, 4.69) is 43.8 Å². The first-order chi connectivity index (χ1) is 10.1. The van der Waals surface area contributed by atoms with Gasteiger partial charge in [-0.05, 0) is 58.8 Å². The second kappa shape index (κ2) is 7.79. The van der Waals surface area contributed by atoms with Crippen LogP contribution in [0, 0.1) is 3.57 Å². The molecule has 1 atom stereocenters. The molecule has 0 aliphatic rings. The first-order valence-electron chi connectivity index (χ1n) is 6.48.